The fourth-order valence-corrected chi connectivity index (χ4v) is 2.14. The molecule has 0 spiro atoms. The molecular weight excluding hydrogens is 200 g/mol. The minimum Gasteiger partial charge on any atom is -0.487 e. The smallest absolute Gasteiger partial charge is 0.138 e. The summed E-state index contributed by atoms with van der Waals surface area (Å²) in [6, 6.07) is 4.50. The minimum absolute atomic E-state index is 0.320. The second-order valence-electron chi connectivity index (χ2n) is 4.66. The maximum Gasteiger partial charge on any atom is 0.138 e. The monoisotopic (exact) mass is 220 g/mol. The zero-order chi connectivity index (χ0) is 11.4. The third kappa shape index (κ3) is 2.95. The van der Waals surface area contributed by atoms with E-state index in [4.69, 9.17) is 4.74 Å². The summed E-state index contributed by atoms with van der Waals surface area (Å²) in [5.74, 6) is 0.887. The van der Waals surface area contributed by atoms with Crippen LogP contribution >= 0.6 is 0 Å². The lowest BCUT2D eigenvalue weighted by molar-refractivity contribution is 0.0704. The molecule has 2 heterocycles. The summed E-state index contributed by atoms with van der Waals surface area (Å²) < 4.78 is 5.93. The molecule has 1 fully saturated rings. The second-order valence-corrected chi connectivity index (χ2v) is 4.66. The first-order valence-electron chi connectivity index (χ1n) is 6.06. The van der Waals surface area contributed by atoms with Gasteiger partial charge < -0.3 is 4.74 Å². The Kier molecular flexibility index (Phi) is 3.78. The topological polar surface area (TPSA) is 25.4 Å². The summed E-state index contributed by atoms with van der Waals surface area (Å²) in [6.45, 7) is 6.72. The van der Waals surface area contributed by atoms with E-state index in [1.54, 1.807) is 12.4 Å². The molecule has 88 valence electrons. The molecule has 1 aliphatic rings. The van der Waals surface area contributed by atoms with Crippen LogP contribution in [0, 0.1) is 0 Å². The Morgan fingerprint density at radius 2 is 2.38 bits per heavy atom. The Bertz CT molecular complexity index is 313. The summed E-state index contributed by atoms with van der Waals surface area (Å²) in [4.78, 5) is 6.54. The fourth-order valence-electron chi connectivity index (χ4n) is 2.14. The van der Waals surface area contributed by atoms with Crippen molar-refractivity contribution >= 4 is 0 Å². The van der Waals surface area contributed by atoms with Crippen molar-refractivity contribution < 1.29 is 4.74 Å². The number of likely N-dealkylation sites (tertiary alicyclic amines) is 1. The van der Waals surface area contributed by atoms with Gasteiger partial charge in [0.1, 0.15) is 11.9 Å². The minimum atomic E-state index is 0.320. The van der Waals surface area contributed by atoms with Crippen LogP contribution in [-0.4, -0.2) is 35.1 Å². The maximum atomic E-state index is 5.93. The summed E-state index contributed by atoms with van der Waals surface area (Å²) >= 11 is 0. The summed E-state index contributed by atoms with van der Waals surface area (Å²) in [5.41, 5.74) is 0. The Labute approximate surface area is 97.4 Å². The van der Waals surface area contributed by atoms with Crippen LogP contribution in [0.25, 0.3) is 0 Å². The second kappa shape index (κ2) is 5.30. The molecule has 0 saturated carbocycles. The highest BCUT2D eigenvalue weighted by atomic mass is 16.5. The molecule has 1 aliphatic heterocycles. The highest BCUT2D eigenvalue weighted by Gasteiger charge is 2.22. The summed E-state index contributed by atoms with van der Waals surface area (Å²) in [7, 11) is 0. The van der Waals surface area contributed by atoms with Gasteiger partial charge in [-0.3, -0.25) is 9.88 Å². The standard InChI is InChI=1S/C13H20N2O/c1-11(2)15-8-4-6-13(10-15)16-12-5-3-7-14-9-12/h3,5,7,9,11,13H,4,6,8,10H2,1-2H3. The Morgan fingerprint density at radius 1 is 1.50 bits per heavy atom. The van der Waals surface area contributed by atoms with E-state index in [-0.39, 0.29) is 0 Å². The first-order chi connectivity index (χ1) is 7.75. The summed E-state index contributed by atoms with van der Waals surface area (Å²) in [6.07, 6.45) is 6.25. The predicted molar refractivity (Wildman–Crippen MR) is 64.6 cm³/mol. The van der Waals surface area contributed by atoms with Gasteiger partial charge in [0.15, 0.2) is 0 Å². The number of ether oxygens (including phenoxy) is 1. The molecule has 0 bridgehead atoms. The van der Waals surface area contributed by atoms with Crippen molar-refractivity contribution in [2.75, 3.05) is 13.1 Å². The van der Waals surface area contributed by atoms with Crippen LogP contribution in [0.1, 0.15) is 26.7 Å². The van der Waals surface area contributed by atoms with Gasteiger partial charge in [-0.25, -0.2) is 0 Å². The number of pyridine rings is 1. The van der Waals surface area contributed by atoms with Crippen molar-refractivity contribution in [1.82, 2.24) is 9.88 Å². The fraction of sp³-hybridized carbons (Fsp3) is 0.615. The van der Waals surface area contributed by atoms with Crippen molar-refractivity contribution in [1.29, 1.82) is 0 Å². The van der Waals surface area contributed by atoms with Gasteiger partial charge in [0.25, 0.3) is 0 Å². The molecule has 0 amide bonds. The molecule has 0 radical (unpaired) electrons. The lowest BCUT2D eigenvalue weighted by Crippen LogP contribution is -2.44. The van der Waals surface area contributed by atoms with E-state index in [1.807, 2.05) is 12.1 Å². The van der Waals surface area contributed by atoms with Gasteiger partial charge in [-0.1, -0.05) is 0 Å². The molecular formula is C13H20N2O. The van der Waals surface area contributed by atoms with Gasteiger partial charge >= 0.3 is 0 Å². The lowest BCUT2D eigenvalue weighted by atomic mass is 10.1. The van der Waals surface area contributed by atoms with E-state index < -0.39 is 0 Å². The molecule has 1 aromatic heterocycles. The number of nitrogens with zero attached hydrogens (tertiary/aromatic N) is 2. The first-order valence-corrected chi connectivity index (χ1v) is 6.06. The average molecular weight is 220 g/mol. The van der Waals surface area contributed by atoms with E-state index in [0.29, 0.717) is 12.1 Å². The number of rotatable bonds is 3. The number of piperidine rings is 1. The van der Waals surface area contributed by atoms with Crippen LogP contribution in [-0.2, 0) is 0 Å². The molecule has 0 aliphatic carbocycles. The number of hydrogen-bond acceptors (Lipinski definition) is 3. The van der Waals surface area contributed by atoms with Crippen LogP contribution in [0.5, 0.6) is 5.75 Å². The molecule has 0 N–H and O–H groups in total. The molecule has 3 heteroatoms. The van der Waals surface area contributed by atoms with E-state index >= 15 is 0 Å². The van der Waals surface area contributed by atoms with Gasteiger partial charge in [-0.15, -0.1) is 0 Å². The van der Waals surface area contributed by atoms with Gasteiger partial charge in [0.2, 0.25) is 0 Å². The van der Waals surface area contributed by atoms with Crippen molar-refractivity contribution in [2.45, 2.75) is 38.8 Å². The van der Waals surface area contributed by atoms with E-state index in [1.165, 1.54) is 13.0 Å². The van der Waals surface area contributed by atoms with Crippen molar-refractivity contribution in [3.05, 3.63) is 24.5 Å². The van der Waals surface area contributed by atoms with Gasteiger partial charge in [0, 0.05) is 18.8 Å². The Balaban J connectivity index is 1.90. The van der Waals surface area contributed by atoms with Crippen molar-refractivity contribution in [2.24, 2.45) is 0 Å². The predicted octanol–water partition coefficient (Wildman–Crippen LogP) is 2.33. The summed E-state index contributed by atoms with van der Waals surface area (Å²) in [5, 5.41) is 0. The molecule has 0 aromatic carbocycles. The third-order valence-electron chi connectivity index (χ3n) is 3.08. The van der Waals surface area contributed by atoms with Crippen LogP contribution in [0.4, 0.5) is 0 Å². The van der Waals surface area contributed by atoms with Crippen LogP contribution in [0.3, 0.4) is 0 Å². The number of hydrogen-bond donors (Lipinski definition) is 0. The molecule has 1 saturated heterocycles. The molecule has 1 atom stereocenters. The van der Waals surface area contributed by atoms with E-state index in [2.05, 4.69) is 23.7 Å². The molecule has 1 unspecified atom stereocenters. The third-order valence-corrected chi connectivity index (χ3v) is 3.08. The van der Waals surface area contributed by atoms with Gasteiger partial charge in [-0.2, -0.15) is 0 Å². The average Bonchev–Trinajstić information content (AvgIpc) is 2.30. The van der Waals surface area contributed by atoms with E-state index in [9.17, 15) is 0 Å². The van der Waals surface area contributed by atoms with Crippen molar-refractivity contribution in [3.63, 3.8) is 0 Å². The Hall–Kier alpha value is -1.09. The normalized spacial score (nSPS) is 22.3. The highest BCUT2D eigenvalue weighted by molar-refractivity contribution is 5.16. The SMILES string of the molecule is CC(C)N1CCCC(Oc2cccnc2)C1. The number of aromatic nitrogens is 1. The van der Waals surface area contributed by atoms with Crippen LogP contribution in [0.15, 0.2) is 24.5 Å². The van der Waals surface area contributed by atoms with Crippen molar-refractivity contribution in [3.8, 4) is 5.75 Å². The van der Waals surface area contributed by atoms with Crippen LogP contribution in [0.2, 0.25) is 0 Å². The van der Waals surface area contributed by atoms with Crippen LogP contribution < -0.4 is 4.74 Å². The lowest BCUT2D eigenvalue weighted by Gasteiger charge is -2.35. The quantitative estimate of drug-likeness (QED) is 0.781. The zero-order valence-electron chi connectivity index (χ0n) is 10.1. The molecule has 1 aromatic rings. The highest BCUT2D eigenvalue weighted by Crippen LogP contribution is 2.18. The first kappa shape index (κ1) is 11.4. The van der Waals surface area contributed by atoms with Gasteiger partial charge in [-0.05, 0) is 45.4 Å². The molecule has 16 heavy (non-hydrogen) atoms. The zero-order valence-corrected chi connectivity index (χ0v) is 10.1. The van der Waals surface area contributed by atoms with E-state index in [0.717, 1.165) is 18.7 Å². The maximum absolute atomic E-state index is 5.93. The van der Waals surface area contributed by atoms with Gasteiger partial charge in [0.05, 0.1) is 6.20 Å². The molecule has 2 rings (SSSR count). The molecule has 3 nitrogen and oxygen atoms in total. The Morgan fingerprint density at radius 3 is 3.06 bits per heavy atom. The largest absolute Gasteiger partial charge is 0.487 e.